The lowest BCUT2D eigenvalue weighted by atomic mass is 10.1. The molecule has 0 saturated carbocycles. The van der Waals surface area contributed by atoms with Crippen LogP contribution < -0.4 is 15.6 Å². The number of ether oxygens (including phenoxy) is 2. The normalized spacial score (nSPS) is 9.78. The average Bonchev–Trinajstić information content (AvgIpc) is 2.59. The molecule has 23 heavy (non-hydrogen) atoms. The lowest BCUT2D eigenvalue weighted by Gasteiger charge is -2.12. The minimum atomic E-state index is -0.709. The predicted molar refractivity (Wildman–Crippen MR) is 84.8 cm³/mol. The summed E-state index contributed by atoms with van der Waals surface area (Å²) in [5.41, 5.74) is 5.61. The number of para-hydroxylation sites is 1. The zero-order valence-corrected chi connectivity index (χ0v) is 12.7. The van der Waals surface area contributed by atoms with Crippen LogP contribution in [0.15, 0.2) is 54.6 Å². The molecule has 0 saturated heterocycles. The number of carbonyl (C=O) groups is 2. The summed E-state index contributed by atoms with van der Waals surface area (Å²) in [7, 11) is 0. The molecule has 0 atom stereocenters. The Morgan fingerprint density at radius 3 is 2.39 bits per heavy atom. The van der Waals surface area contributed by atoms with E-state index < -0.39 is 12.0 Å². The van der Waals surface area contributed by atoms with E-state index in [-0.39, 0.29) is 13.2 Å². The van der Waals surface area contributed by atoms with Gasteiger partial charge in [0.1, 0.15) is 12.4 Å². The van der Waals surface area contributed by atoms with Crippen molar-refractivity contribution in [3.8, 4) is 5.75 Å². The molecule has 0 heterocycles. The first-order chi connectivity index (χ1) is 11.2. The Morgan fingerprint density at radius 1 is 0.957 bits per heavy atom. The van der Waals surface area contributed by atoms with Crippen molar-refractivity contribution in [2.45, 2.75) is 13.5 Å². The van der Waals surface area contributed by atoms with Crippen LogP contribution in [0.4, 0.5) is 4.79 Å². The maximum absolute atomic E-state index is 12.1. The summed E-state index contributed by atoms with van der Waals surface area (Å²) in [4.78, 5) is 23.4. The first kappa shape index (κ1) is 16.4. The standard InChI is InChI=1S/C17H18N2O4/c1-2-22-17(21)19-18-16(20)15-11-7-6-8-13(15)12-23-14-9-4-3-5-10-14/h3-11H,2,12H2,1H3,(H,18,20)(H,19,21). The number of amides is 2. The van der Waals surface area contributed by atoms with Crippen molar-refractivity contribution >= 4 is 12.0 Å². The Bertz CT molecular complexity index is 659. The number of hydrogen-bond acceptors (Lipinski definition) is 4. The van der Waals surface area contributed by atoms with Gasteiger partial charge in [-0.05, 0) is 25.1 Å². The average molecular weight is 314 g/mol. The van der Waals surface area contributed by atoms with E-state index in [4.69, 9.17) is 4.74 Å². The maximum atomic E-state index is 12.1. The monoisotopic (exact) mass is 314 g/mol. The van der Waals surface area contributed by atoms with Crippen molar-refractivity contribution < 1.29 is 19.1 Å². The van der Waals surface area contributed by atoms with Crippen LogP contribution in [0, 0.1) is 0 Å². The van der Waals surface area contributed by atoms with Gasteiger partial charge in [-0.2, -0.15) is 0 Å². The van der Waals surface area contributed by atoms with Gasteiger partial charge in [0.2, 0.25) is 0 Å². The van der Waals surface area contributed by atoms with E-state index in [1.54, 1.807) is 25.1 Å². The van der Waals surface area contributed by atoms with Gasteiger partial charge >= 0.3 is 6.09 Å². The fourth-order valence-corrected chi connectivity index (χ4v) is 1.89. The molecular formula is C17H18N2O4. The summed E-state index contributed by atoms with van der Waals surface area (Å²) in [6, 6.07) is 16.3. The molecular weight excluding hydrogens is 296 g/mol. The Labute approximate surface area is 134 Å². The van der Waals surface area contributed by atoms with E-state index in [1.165, 1.54) is 0 Å². The highest BCUT2D eigenvalue weighted by atomic mass is 16.6. The highest BCUT2D eigenvalue weighted by molar-refractivity contribution is 5.96. The van der Waals surface area contributed by atoms with Crippen molar-refractivity contribution in [1.82, 2.24) is 10.9 Å². The molecule has 0 aliphatic carbocycles. The SMILES string of the molecule is CCOC(=O)NNC(=O)c1ccccc1COc1ccccc1. The number of nitrogens with one attached hydrogen (secondary N) is 2. The third kappa shape index (κ3) is 5.03. The van der Waals surface area contributed by atoms with Gasteiger partial charge in [-0.1, -0.05) is 36.4 Å². The van der Waals surface area contributed by atoms with Crippen LogP contribution in [0.5, 0.6) is 5.75 Å². The van der Waals surface area contributed by atoms with Crippen LogP contribution in [0.1, 0.15) is 22.8 Å². The van der Waals surface area contributed by atoms with Crippen LogP contribution in [0.3, 0.4) is 0 Å². The third-order valence-corrected chi connectivity index (χ3v) is 2.95. The second-order valence-corrected chi connectivity index (χ2v) is 4.56. The molecule has 0 bridgehead atoms. The Balaban J connectivity index is 1.99. The third-order valence-electron chi connectivity index (χ3n) is 2.95. The van der Waals surface area contributed by atoms with Crippen molar-refractivity contribution in [1.29, 1.82) is 0 Å². The molecule has 0 unspecified atom stereocenters. The van der Waals surface area contributed by atoms with Crippen LogP contribution in [0.2, 0.25) is 0 Å². The molecule has 2 N–H and O–H groups in total. The molecule has 0 radical (unpaired) electrons. The van der Waals surface area contributed by atoms with Crippen LogP contribution >= 0.6 is 0 Å². The first-order valence-electron chi connectivity index (χ1n) is 7.19. The zero-order chi connectivity index (χ0) is 16.5. The summed E-state index contributed by atoms with van der Waals surface area (Å²) in [6.07, 6.45) is -0.709. The van der Waals surface area contributed by atoms with Crippen LogP contribution in [-0.2, 0) is 11.3 Å². The fraction of sp³-hybridized carbons (Fsp3) is 0.176. The van der Waals surface area contributed by atoms with Gasteiger partial charge < -0.3 is 9.47 Å². The molecule has 120 valence electrons. The van der Waals surface area contributed by atoms with Crippen LogP contribution in [-0.4, -0.2) is 18.6 Å². The van der Waals surface area contributed by atoms with E-state index in [9.17, 15) is 9.59 Å². The minimum Gasteiger partial charge on any atom is -0.489 e. The number of benzene rings is 2. The fourth-order valence-electron chi connectivity index (χ4n) is 1.89. The molecule has 2 aromatic rings. The Hall–Kier alpha value is -3.02. The summed E-state index contributed by atoms with van der Waals surface area (Å²) in [5, 5.41) is 0. The zero-order valence-electron chi connectivity index (χ0n) is 12.7. The van der Waals surface area contributed by atoms with Crippen LogP contribution in [0.25, 0.3) is 0 Å². The van der Waals surface area contributed by atoms with E-state index >= 15 is 0 Å². The quantitative estimate of drug-likeness (QED) is 0.832. The topological polar surface area (TPSA) is 76.7 Å². The highest BCUT2D eigenvalue weighted by Crippen LogP contribution is 2.14. The van der Waals surface area contributed by atoms with Crippen molar-refractivity contribution in [2.24, 2.45) is 0 Å². The second kappa shape index (κ2) is 8.43. The second-order valence-electron chi connectivity index (χ2n) is 4.56. The smallest absolute Gasteiger partial charge is 0.426 e. The summed E-state index contributed by atoms with van der Waals surface area (Å²) >= 11 is 0. The van der Waals surface area contributed by atoms with Gasteiger partial charge in [-0.25, -0.2) is 10.2 Å². The number of carbonyl (C=O) groups excluding carboxylic acids is 2. The number of rotatable bonds is 5. The van der Waals surface area contributed by atoms with E-state index in [0.29, 0.717) is 16.9 Å². The van der Waals surface area contributed by atoms with Gasteiger partial charge in [0, 0.05) is 11.1 Å². The van der Waals surface area contributed by atoms with Crippen molar-refractivity contribution in [3.63, 3.8) is 0 Å². The largest absolute Gasteiger partial charge is 0.489 e. The van der Waals surface area contributed by atoms with Gasteiger partial charge in [0.05, 0.1) is 6.61 Å². The molecule has 0 aromatic heterocycles. The van der Waals surface area contributed by atoms with E-state index in [2.05, 4.69) is 15.6 Å². The molecule has 6 nitrogen and oxygen atoms in total. The molecule has 2 rings (SSSR count). The molecule has 0 aliphatic heterocycles. The van der Waals surface area contributed by atoms with Gasteiger partial charge in [-0.15, -0.1) is 0 Å². The molecule has 6 heteroatoms. The first-order valence-corrected chi connectivity index (χ1v) is 7.19. The molecule has 2 amide bonds. The lowest BCUT2D eigenvalue weighted by Crippen LogP contribution is -2.42. The number of hydrogen-bond donors (Lipinski definition) is 2. The predicted octanol–water partition coefficient (Wildman–Crippen LogP) is 2.66. The molecule has 0 fully saturated rings. The molecule has 0 spiro atoms. The van der Waals surface area contributed by atoms with Crippen molar-refractivity contribution in [3.05, 3.63) is 65.7 Å². The molecule has 0 aliphatic rings. The molecule has 2 aromatic carbocycles. The summed E-state index contributed by atoms with van der Waals surface area (Å²) in [6.45, 7) is 2.15. The van der Waals surface area contributed by atoms with Gasteiger partial charge in [0.25, 0.3) is 5.91 Å². The van der Waals surface area contributed by atoms with Gasteiger partial charge in [-0.3, -0.25) is 10.2 Å². The van der Waals surface area contributed by atoms with E-state index in [0.717, 1.165) is 0 Å². The Morgan fingerprint density at radius 2 is 1.65 bits per heavy atom. The summed E-state index contributed by atoms with van der Waals surface area (Å²) < 4.78 is 10.3. The lowest BCUT2D eigenvalue weighted by molar-refractivity contribution is 0.0910. The van der Waals surface area contributed by atoms with Gasteiger partial charge in [0.15, 0.2) is 0 Å². The van der Waals surface area contributed by atoms with E-state index in [1.807, 2.05) is 36.4 Å². The maximum Gasteiger partial charge on any atom is 0.426 e. The number of hydrazine groups is 1. The van der Waals surface area contributed by atoms with Crippen molar-refractivity contribution in [2.75, 3.05) is 6.61 Å². The minimum absolute atomic E-state index is 0.225. The highest BCUT2D eigenvalue weighted by Gasteiger charge is 2.12. The Kier molecular flexibility index (Phi) is 5.99. The summed E-state index contributed by atoms with van der Waals surface area (Å²) in [5.74, 6) is 0.276.